The number of aromatic nitrogens is 3. The van der Waals surface area contributed by atoms with E-state index in [1.165, 1.54) is 6.33 Å². The second-order valence-electron chi connectivity index (χ2n) is 7.60. The van der Waals surface area contributed by atoms with Crippen LogP contribution in [-0.4, -0.2) is 46.4 Å². The van der Waals surface area contributed by atoms with Crippen molar-refractivity contribution in [2.75, 3.05) is 30.0 Å². The first-order valence-corrected chi connectivity index (χ1v) is 11.2. The second-order valence-corrected chi connectivity index (χ2v) is 7.60. The summed E-state index contributed by atoms with van der Waals surface area (Å²) in [4.78, 5) is 32.2. The summed E-state index contributed by atoms with van der Waals surface area (Å²) in [5.41, 5.74) is 2.43. The summed E-state index contributed by atoms with van der Waals surface area (Å²) in [7, 11) is 0. The quantitative estimate of drug-likeness (QED) is 0.512. The maximum absolute atomic E-state index is 13.1. The van der Waals surface area contributed by atoms with E-state index >= 15 is 0 Å². The number of carbonyl (C=O) groups is 2. The van der Waals surface area contributed by atoms with Gasteiger partial charge in [0, 0.05) is 5.70 Å². The second kappa shape index (κ2) is 10.2. The van der Waals surface area contributed by atoms with Crippen molar-refractivity contribution in [3.05, 3.63) is 77.8 Å². The topological polar surface area (TPSA) is 98.6 Å². The van der Waals surface area contributed by atoms with Crippen molar-refractivity contribution in [1.82, 2.24) is 14.8 Å². The number of fused-ring (bicyclic) bond motifs is 1. The number of nitrogens with zero attached hydrogens (tertiary/aromatic N) is 4. The molecule has 1 aliphatic heterocycles. The minimum Gasteiger partial charge on any atom is -0.492 e. The van der Waals surface area contributed by atoms with Gasteiger partial charge in [-0.25, -0.2) is 9.48 Å². The summed E-state index contributed by atoms with van der Waals surface area (Å²) in [5, 5.41) is 7.29. The maximum Gasteiger partial charge on any atom is 0.338 e. The van der Waals surface area contributed by atoms with E-state index < -0.39 is 12.0 Å². The predicted octanol–water partition coefficient (Wildman–Crippen LogP) is 3.56. The number of benzene rings is 2. The lowest BCUT2D eigenvalue weighted by Gasteiger charge is -2.35. The molecule has 1 atom stereocenters. The van der Waals surface area contributed by atoms with E-state index in [1.54, 1.807) is 35.6 Å². The van der Waals surface area contributed by atoms with Crippen molar-refractivity contribution < 1.29 is 19.1 Å². The third kappa shape index (κ3) is 4.50. The molecule has 0 bridgehead atoms. The number of amides is 1. The molecule has 176 valence electrons. The third-order valence-electron chi connectivity index (χ3n) is 5.48. The van der Waals surface area contributed by atoms with Crippen molar-refractivity contribution in [1.29, 1.82) is 0 Å². The minimum absolute atomic E-state index is 0.0740. The molecule has 0 saturated carbocycles. The van der Waals surface area contributed by atoms with Gasteiger partial charge in [-0.05, 0) is 38.5 Å². The third-order valence-corrected chi connectivity index (χ3v) is 5.48. The van der Waals surface area contributed by atoms with Crippen LogP contribution in [0.25, 0.3) is 0 Å². The number of nitrogens with one attached hydrogen (secondary N) is 1. The molecule has 34 heavy (non-hydrogen) atoms. The summed E-state index contributed by atoms with van der Waals surface area (Å²) in [6, 6.07) is 16.3. The van der Waals surface area contributed by atoms with Crippen LogP contribution >= 0.6 is 0 Å². The molecule has 9 heteroatoms. The Labute approximate surface area is 198 Å². The Hall–Kier alpha value is -4.14. The molecule has 3 aromatic rings. The molecule has 2 aromatic carbocycles. The number of hydrogen-bond donors (Lipinski definition) is 1. The SMILES string of the molecule is CCOC(=O)C1=C(C)N(CC(=O)Nc2ccccc2OCC)c2ncnn2[C@H]1c1ccccc1. The predicted molar refractivity (Wildman–Crippen MR) is 128 cm³/mol. The summed E-state index contributed by atoms with van der Waals surface area (Å²) < 4.78 is 12.6. The highest BCUT2D eigenvalue weighted by atomic mass is 16.5. The van der Waals surface area contributed by atoms with Crippen LogP contribution in [0.2, 0.25) is 0 Å². The molecule has 1 amide bonds. The Kier molecular flexibility index (Phi) is 6.91. The lowest BCUT2D eigenvalue weighted by Crippen LogP contribution is -2.40. The van der Waals surface area contributed by atoms with Crippen LogP contribution in [0.15, 0.2) is 72.2 Å². The number of rotatable bonds is 8. The van der Waals surface area contributed by atoms with E-state index in [2.05, 4.69) is 15.4 Å². The fourth-order valence-electron chi connectivity index (χ4n) is 4.02. The van der Waals surface area contributed by atoms with E-state index in [4.69, 9.17) is 9.47 Å². The molecule has 0 fully saturated rings. The molecule has 4 rings (SSSR count). The van der Waals surface area contributed by atoms with Crippen LogP contribution in [0.4, 0.5) is 11.6 Å². The Morgan fingerprint density at radius 3 is 2.50 bits per heavy atom. The highest BCUT2D eigenvalue weighted by molar-refractivity contribution is 5.97. The van der Waals surface area contributed by atoms with Gasteiger partial charge in [-0.3, -0.25) is 4.79 Å². The molecule has 0 radical (unpaired) electrons. The van der Waals surface area contributed by atoms with Crippen LogP contribution in [0.5, 0.6) is 5.75 Å². The zero-order valence-corrected chi connectivity index (χ0v) is 19.4. The summed E-state index contributed by atoms with van der Waals surface area (Å²) in [5.74, 6) is 0.306. The lowest BCUT2D eigenvalue weighted by molar-refractivity contribution is -0.139. The first kappa shape index (κ1) is 23.0. The Balaban J connectivity index is 1.70. The number of carbonyl (C=O) groups excluding carboxylic acids is 2. The van der Waals surface area contributed by atoms with Crippen LogP contribution < -0.4 is 15.0 Å². The fraction of sp³-hybridized carbons (Fsp3) is 0.280. The standard InChI is InChI=1S/C25H27N5O4/c1-4-33-20-14-10-9-13-19(20)28-21(31)15-29-17(3)22(24(32)34-5-2)23(18-11-7-6-8-12-18)30-25(29)26-16-27-30/h6-14,16,23H,4-5,15H2,1-3H3,(H,28,31)/t23-/m0/s1. The molecule has 1 aliphatic rings. The number of hydrogen-bond acceptors (Lipinski definition) is 7. The van der Waals surface area contributed by atoms with Crippen LogP contribution in [-0.2, 0) is 14.3 Å². The Bertz CT molecular complexity index is 1200. The molecular formula is C25H27N5O4. The zero-order valence-electron chi connectivity index (χ0n) is 19.4. The van der Waals surface area contributed by atoms with Crippen LogP contribution in [0.3, 0.4) is 0 Å². The fourth-order valence-corrected chi connectivity index (χ4v) is 4.02. The smallest absolute Gasteiger partial charge is 0.338 e. The van der Waals surface area contributed by atoms with E-state index in [9.17, 15) is 9.59 Å². The van der Waals surface area contributed by atoms with Crippen LogP contribution in [0, 0.1) is 0 Å². The minimum atomic E-state index is -0.518. The number of ether oxygens (including phenoxy) is 2. The van der Waals surface area contributed by atoms with E-state index in [1.807, 2.05) is 49.4 Å². The van der Waals surface area contributed by atoms with Gasteiger partial charge in [-0.2, -0.15) is 10.1 Å². The summed E-state index contributed by atoms with van der Waals surface area (Å²) >= 11 is 0. The van der Waals surface area contributed by atoms with Gasteiger partial charge in [0.25, 0.3) is 0 Å². The van der Waals surface area contributed by atoms with Gasteiger partial charge in [-0.1, -0.05) is 42.5 Å². The molecule has 1 aromatic heterocycles. The Morgan fingerprint density at radius 2 is 1.76 bits per heavy atom. The lowest BCUT2D eigenvalue weighted by atomic mass is 9.95. The zero-order chi connectivity index (χ0) is 24.1. The first-order chi connectivity index (χ1) is 16.5. The molecule has 0 aliphatic carbocycles. The first-order valence-electron chi connectivity index (χ1n) is 11.2. The van der Waals surface area contributed by atoms with Crippen LogP contribution in [0.1, 0.15) is 32.4 Å². The highest BCUT2D eigenvalue weighted by Gasteiger charge is 2.38. The monoisotopic (exact) mass is 461 g/mol. The molecular weight excluding hydrogens is 434 g/mol. The van der Waals surface area contributed by atoms with Gasteiger partial charge < -0.3 is 19.7 Å². The molecule has 0 saturated heterocycles. The normalized spacial score (nSPS) is 15.0. The summed E-state index contributed by atoms with van der Waals surface area (Å²) in [6.45, 7) is 6.07. The molecule has 9 nitrogen and oxygen atoms in total. The number of allylic oxidation sites excluding steroid dienone is 1. The summed E-state index contributed by atoms with van der Waals surface area (Å²) in [6.07, 6.45) is 1.42. The number of esters is 1. The van der Waals surface area contributed by atoms with Gasteiger partial charge in [0.2, 0.25) is 11.9 Å². The van der Waals surface area contributed by atoms with E-state index in [-0.39, 0.29) is 19.1 Å². The van der Waals surface area contributed by atoms with Crippen molar-refractivity contribution in [3.8, 4) is 5.75 Å². The largest absolute Gasteiger partial charge is 0.492 e. The van der Waals surface area contributed by atoms with Crippen molar-refractivity contribution in [2.45, 2.75) is 26.8 Å². The van der Waals surface area contributed by atoms with Crippen molar-refractivity contribution in [2.24, 2.45) is 0 Å². The molecule has 0 unspecified atom stereocenters. The Morgan fingerprint density at radius 1 is 1.03 bits per heavy atom. The van der Waals surface area contributed by atoms with E-state index in [0.717, 1.165) is 5.56 Å². The van der Waals surface area contributed by atoms with Gasteiger partial charge >= 0.3 is 5.97 Å². The number of anilines is 2. The maximum atomic E-state index is 13.1. The average molecular weight is 462 g/mol. The molecule has 0 spiro atoms. The number of para-hydroxylation sites is 2. The molecule has 2 heterocycles. The van der Waals surface area contributed by atoms with Gasteiger partial charge in [0.1, 0.15) is 24.7 Å². The van der Waals surface area contributed by atoms with Gasteiger partial charge in [0.15, 0.2) is 0 Å². The van der Waals surface area contributed by atoms with Crippen molar-refractivity contribution >= 4 is 23.5 Å². The molecule has 1 N–H and O–H groups in total. The average Bonchev–Trinajstić information content (AvgIpc) is 3.32. The van der Waals surface area contributed by atoms with Gasteiger partial charge in [-0.15, -0.1) is 0 Å². The van der Waals surface area contributed by atoms with Gasteiger partial charge in [0.05, 0.1) is 24.5 Å². The van der Waals surface area contributed by atoms with Crippen molar-refractivity contribution in [3.63, 3.8) is 0 Å². The highest BCUT2D eigenvalue weighted by Crippen LogP contribution is 2.38. The van der Waals surface area contributed by atoms with E-state index in [0.29, 0.717) is 35.3 Å².